The van der Waals surface area contributed by atoms with Crippen LogP contribution in [-0.2, 0) is 11.3 Å². The zero-order chi connectivity index (χ0) is 17.6. The van der Waals surface area contributed by atoms with Crippen molar-refractivity contribution in [2.45, 2.75) is 6.61 Å². The van der Waals surface area contributed by atoms with E-state index in [4.69, 9.17) is 13.9 Å². The van der Waals surface area contributed by atoms with Crippen LogP contribution in [0.4, 0.5) is 0 Å². The van der Waals surface area contributed by atoms with Crippen molar-refractivity contribution in [3.8, 4) is 23.0 Å². The van der Waals surface area contributed by atoms with Crippen LogP contribution in [-0.4, -0.2) is 25.2 Å². The summed E-state index contributed by atoms with van der Waals surface area (Å²) in [5.41, 5.74) is 2.00. The smallest absolute Gasteiger partial charge is 0.337 e. The molecule has 0 N–H and O–H groups in total. The predicted octanol–water partition coefficient (Wildman–Crippen LogP) is 3.72. The third-order valence-corrected chi connectivity index (χ3v) is 3.55. The second-order valence-electron chi connectivity index (χ2n) is 5.18. The van der Waals surface area contributed by atoms with E-state index in [2.05, 4.69) is 9.72 Å². The van der Waals surface area contributed by atoms with Gasteiger partial charge in [0, 0.05) is 5.56 Å². The molecule has 6 heteroatoms. The molecule has 0 atom stereocenters. The van der Waals surface area contributed by atoms with Crippen LogP contribution in [0.1, 0.15) is 16.1 Å². The van der Waals surface area contributed by atoms with Crippen LogP contribution in [0.3, 0.4) is 0 Å². The number of carbonyl (C=O) groups excluding carboxylic acids is 1. The summed E-state index contributed by atoms with van der Waals surface area (Å²) in [4.78, 5) is 15.8. The number of nitrogens with zero attached hydrogens (tertiary/aromatic N) is 1. The van der Waals surface area contributed by atoms with Gasteiger partial charge in [0.2, 0.25) is 5.89 Å². The molecule has 0 amide bonds. The number of hydrogen-bond acceptors (Lipinski definition) is 6. The van der Waals surface area contributed by atoms with Gasteiger partial charge in [0.05, 0.1) is 19.8 Å². The summed E-state index contributed by atoms with van der Waals surface area (Å²) in [6, 6.07) is 14.1. The molecule has 0 aliphatic heterocycles. The van der Waals surface area contributed by atoms with E-state index in [-0.39, 0.29) is 12.6 Å². The van der Waals surface area contributed by atoms with E-state index in [0.717, 1.165) is 11.3 Å². The second kappa shape index (κ2) is 7.53. The Bertz CT molecular complexity index is 837. The fourth-order valence-electron chi connectivity index (χ4n) is 2.20. The van der Waals surface area contributed by atoms with E-state index >= 15 is 0 Å². The minimum absolute atomic E-state index is 0.261. The third kappa shape index (κ3) is 3.98. The fourth-order valence-corrected chi connectivity index (χ4v) is 2.20. The van der Waals surface area contributed by atoms with E-state index < -0.39 is 0 Å². The Kier molecular flexibility index (Phi) is 4.99. The maximum atomic E-state index is 11.4. The molecular formula is C19H17NO5. The Morgan fingerprint density at radius 2 is 1.68 bits per heavy atom. The molecule has 3 aromatic rings. The molecule has 0 radical (unpaired) electrons. The molecule has 1 heterocycles. The van der Waals surface area contributed by atoms with Crippen molar-refractivity contribution in [1.29, 1.82) is 0 Å². The highest BCUT2D eigenvalue weighted by Crippen LogP contribution is 2.22. The van der Waals surface area contributed by atoms with Gasteiger partial charge in [-0.05, 0) is 48.5 Å². The van der Waals surface area contributed by atoms with Crippen LogP contribution in [0, 0.1) is 0 Å². The highest BCUT2D eigenvalue weighted by Gasteiger charge is 2.09. The lowest BCUT2D eigenvalue weighted by Crippen LogP contribution is -2.01. The van der Waals surface area contributed by atoms with E-state index in [1.807, 2.05) is 24.3 Å². The molecule has 2 aromatic carbocycles. The normalized spacial score (nSPS) is 10.3. The van der Waals surface area contributed by atoms with E-state index in [9.17, 15) is 4.79 Å². The largest absolute Gasteiger partial charge is 0.497 e. The average molecular weight is 339 g/mol. The minimum atomic E-state index is -0.382. The van der Waals surface area contributed by atoms with Crippen molar-refractivity contribution in [3.05, 3.63) is 66.1 Å². The predicted molar refractivity (Wildman–Crippen MR) is 90.6 cm³/mol. The Hall–Kier alpha value is -3.28. The molecule has 0 saturated carbocycles. The Labute approximate surface area is 145 Å². The van der Waals surface area contributed by atoms with Gasteiger partial charge in [0.25, 0.3) is 0 Å². The first-order valence-electron chi connectivity index (χ1n) is 7.59. The van der Waals surface area contributed by atoms with E-state index in [0.29, 0.717) is 22.9 Å². The highest BCUT2D eigenvalue weighted by atomic mass is 16.5. The topological polar surface area (TPSA) is 70.8 Å². The number of aromatic nitrogens is 1. The second-order valence-corrected chi connectivity index (χ2v) is 5.18. The number of oxazole rings is 1. The van der Waals surface area contributed by atoms with E-state index in [1.54, 1.807) is 37.6 Å². The van der Waals surface area contributed by atoms with Gasteiger partial charge in [-0.1, -0.05) is 0 Å². The number of benzene rings is 2. The molecule has 3 rings (SSSR count). The lowest BCUT2D eigenvalue weighted by atomic mass is 10.2. The lowest BCUT2D eigenvalue weighted by Gasteiger charge is -2.04. The molecule has 0 saturated heterocycles. The third-order valence-electron chi connectivity index (χ3n) is 3.55. The van der Waals surface area contributed by atoms with E-state index in [1.165, 1.54) is 7.11 Å². The summed E-state index contributed by atoms with van der Waals surface area (Å²) in [7, 11) is 2.96. The number of hydrogen-bond donors (Lipinski definition) is 0. The Balaban J connectivity index is 1.62. The fraction of sp³-hybridized carbons (Fsp3) is 0.158. The van der Waals surface area contributed by atoms with Gasteiger partial charge in [-0.2, -0.15) is 0 Å². The number of methoxy groups -OCH3 is 2. The first-order chi connectivity index (χ1) is 12.2. The Morgan fingerprint density at radius 1 is 1.00 bits per heavy atom. The summed E-state index contributed by atoms with van der Waals surface area (Å²) in [6.45, 7) is 0.261. The van der Waals surface area contributed by atoms with Crippen molar-refractivity contribution < 1.29 is 23.4 Å². The molecule has 128 valence electrons. The van der Waals surface area contributed by atoms with Gasteiger partial charge in [0.1, 0.15) is 30.1 Å². The van der Waals surface area contributed by atoms with Crippen LogP contribution in [0.2, 0.25) is 0 Å². The number of rotatable bonds is 6. The van der Waals surface area contributed by atoms with Crippen molar-refractivity contribution in [2.75, 3.05) is 14.2 Å². The van der Waals surface area contributed by atoms with Crippen molar-refractivity contribution in [2.24, 2.45) is 0 Å². The van der Waals surface area contributed by atoms with Crippen LogP contribution in [0.25, 0.3) is 11.5 Å². The molecule has 6 nitrogen and oxygen atoms in total. The maximum Gasteiger partial charge on any atom is 0.337 e. The summed E-state index contributed by atoms with van der Waals surface area (Å²) >= 11 is 0. The molecule has 0 aliphatic rings. The standard InChI is InChI=1S/C19H17NO5/c1-22-16-7-3-13(4-8-16)18-20-15(12-25-18)11-24-17-9-5-14(6-10-17)19(21)23-2/h3-10,12H,11H2,1-2H3. The molecule has 0 unspecified atom stereocenters. The summed E-state index contributed by atoms with van der Waals surface area (Å²) in [5.74, 6) is 1.53. The SMILES string of the molecule is COC(=O)c1ccc(OCc2coc(-c3ccc(OC)cc3)n2)cc1. The van der Waals surface area contributed by atoms with Crippen molar-refractivity contribution >= 4 is 5.97 Å². The van der Waals surface area contributed by atoms with Gasteiger partial charge >= 0.3 is 5.97 Å². The molecule has 1 aromatic heterocycles. The lowest BCUT2D eigenvalue weighted by molar-refractivity contribution is 0.0600. The first-order valence-corrected chi connectivity index (χ1v) is 7.59. The Morgan fingerprint density at radius 3 is 2.32 bits per heavy atom. The monoisotopic (exact) mass is 339 g/mol. The van der Waals surface area contributed by atoms with Crippen LogP contribution in [0.15, 0.2) is 59.2 Å². The van der Waals surface area contributed by atoms with Gasteiger partial charge in [-0.3, -0.25) is 0 Å². The van der Waals surface area contributed by atoms with Crippen LogP contribution < -0.4 is 9.47 Å². The number of carbonyl (C=O) groups is 1. The van der Waals surface area contributed by atoms with Gasteiger partial charge < -0.3 is 18.6 Å². The van der Waals surface area contributed by atoms with Crippen LogP contribution >= 0.6 is 0 Å². The van der Waals surface area contributed by atoms with Crippen molar-refractivity contribution in [1.82, 2.24) is 4.98 Å². The van der Waals surface area contributed by atoms with Gasteiger partial charge in [-0.15, -0.1) is 0 Å². The molecular weight excluding hydrogens is 322 g/mol. The molecule has 25 heavy (non-hydrogen) atoms. The molecule has 0 spiro atoms. The summed E-state index contributed by atoms with van der Waals surface area (Å²) < 4.78 is 20.9. The van der Waals surface area contributed by atoms with Gasteiger partial charge in [0.15, 0.2) is 0 Å². The zero-order valence-electron chi connectivity index (χ0n) is 13.9. The highest BCUT2D eigenvalue weighted by molar-refractivity contribution is 5.89. The maximum absolute atomic E-state index is 11.4. The minimum Gasteiger partial charge on any atom is -0.497 e. The zero-order valence-corrected chi connectivity index (χ0v) is 13.9. The number of esters is 1. The number of ether oxygens (including phenoxy) is 3. The summed E-state index contributed by atoms with van der Waals surface area (Å²) in [5, 5.41) is 0. The molecule has 0 aliphatic carbocycles. The van der Waals surface area contributed by atoms with Crippen LogP contribution in [0.5, 0.6) is 11.5 Å². The molecule has 0 fully saturated rings. The van der Waals surface area contributed by atoms with Crippen molar-refractivity contribution in [3.63, 3.8) is 0 Å². The van der Waals surface area contributed by atoms with Gasteiger partial charge in [-0.25, -0.2) is 9.78 Å². The summed E-state index contributed by atoms with van der Waals surface area (Å²) in [6.07, 6.45) is 1.56. The molecule has 0 bridgehead atoms. The first kappa shape index (κ1) is 16.6. The average Bonchev–Trinajstić information content (AvgIpc) is 3.15. The quantitative estimate of drug-likeness (QED) is 0.638.